The number of amides is 2. The zero-order chi connectivity index (χ0) is 29.8. The van der Waals surface area contributed by atoms with Crippen LogP contribution in [-0.4, -0.2) is 92.7 Å². The number of fused-ring (bicyclic) bond motifs is 1. The van der Waals surface area contributed by atoms with Crippen molar-refractivity contribution < 1.29 is 19.1 Å². The first-order valence-electron chi connectivity index (χ1n) is 15.8. The van der Waals surface area contributed by atoms with Crippen LogP contribution in [0.1, 0.15) is 58.2 Å². The molecule has 5 heterocycles. The molecular formula is C32H43N7O4. The highest BCUT2D eigenvalue weighted by Crippen LogP contribution is 2.36. The van der Waals surface area contributed by atoms with Crippen molar-refractivity contribution in [2.75, 3.05) is 44.8 Å². The van der Waals surface area contributed by atoms with Gasteiger partial charge in [-0.3, -0.25) is 14.5 Å². The Bertz CT molecular complexity index is 1400. The van der Waals surface area contributed by atoms with Gasteiger partial charge < -0.3 is 19.7 Å². The number of hydrogen-bond acceptors (Lipinski definition) is 8. The molecule has 11 nitrogen and oxygen atoms in total. The Morgan fingerprint density at radius 2 is 1.84 bits per heavy atom. The van der Waals surface area contributed by atoms with Gasteiger partial charge in [0.1, 0.15) is 6.61 Å². The molecule has 0 unspecified atom stereocenters. The molecule has 0 spiro atoms. The SMILES string of the molecule is CCCOCc1ncc(-c2ccn3nc(NC(=O)[C@H]4C[C@@H](N5CCN(C(=O)C6CCOCC6)C[C@@H]5CC)C4)cc3c2)cn1. The van der Waals surface area contributed by atoms with Crippen molar-refractivity contribution in [3.63, 3.8) is 0 Å². The van der Waals surface area contributed by atoms with Crippen LogP contribution in [0.3, 0.4) is 0 Å². The fourth-order valence-electron chi connectivity index (χ4n) is 6.54. The van der Waals surface area contributed by atoms with Crippen molar-refractivity contribution in [3.05, 3.63) is 42.6 Å². The minimum absolute atomic E-state index is 0.0236. The van der Waals surface area contributed by atoms with Crippen LogP contribution < -0.4 is 5.32 Å². The third-order valence-electron chi connectivity index (χ3n) is 9.17. The second-order valence-corrected chi connectivity index (χ2v) is 12.0. The number of rotatable bonds is 10. The average Bonchev–Trinajstić information content (AvgIpc) is 3.42. The van der Waals surface area contributed by atoms with E-state index in [2.05, 4.69) is 44.0 Å². The molecule has 3 aliphatic rings. The van der Waals surface area contributed by atoms with Crippen LogP contribution in [0.5, 0.6) is 0 Å². The van der Waals surface area contributed by atoms with Gasteiger partial charge in [-0.15, -0.1) is 0 Å². The summed E-state index contributed by atoms with van der Waals surface area (Å²) in [7, 11) is 0. The fourth-order valence-corrected chi connectivity index (χ4v) is 6.54. The summed E-state index contributed by atoms with van der Waals surface area (Å²) in [6, 6.07) is 6.61. The van der Waals surface area contributed by atoms with Crippen LogP contribution in [-0.2, 0) is 25.7 Å². The number of ether oxygens (including phenoxy) is 2. The van der Waals surface area contributed by atoms with Crippen LogP contribution in [0.15, 0.2) is 36.8 Å². The molecule has 2 saturated heterocycles. The molecule has 0 aromatic carbocycles. The monoisotopic (exact) mass is 589 g/mol. The van der Waals surface area contributed by atoms with E-state index in [1.807, 2.05) is 36.8 Å². The van der Waals surface area contributed by atoms with Crippen LogP contribution in [0.2, 0.25) is 0 Å². The average molecular weight is 590 g/mol. The van der Waals surface area contributed by atoms with Gasteiger partial charge in [0.15, 0.2) is 11.6 Å². The third kappa shape index (κ3) is 6.73. The molecule has 1 aliphatic carbocycles. The van der Waals surface area contributed by atoms with Gasteiger partial charge in [0, 0.05) is 93.6 Å². The maximum absolute atomic E-state index is 13.1. The summed E-state index contributed by atoms with van der Waals surface area (Å²) >= 11 is 0. The zero-order valence-electron chi connectivity index (χ0n) is 25.3. The number of carbonyl (C=O) groups excluding carboxylic acids is 2. The zero-order valence-corrected chi connectivity index (χ0v) is 25.3. The molecule has 1 N–H and O–H groups in total. The Balaban J connectivity index is 1.01. The summed E-state index contributed by atoms with van der Waals surface area (Å²) in [5, 5.41) is 7.60. The summed E-state index contributed by atoms with van der Waals surface area (Å²) in [5.41, 5.74) is 2.77. The van der Waals surface area contributed by atoms with E-state index in [0.717, 1.165) is 74.8 Å². The van der Waals surface area contributed by atoms with Gasteiger partial charge in [-0.05, 0) is 56.2 Å². The minimum atomic E-state index is -0.0262. The molecular weight excluding hydrogens is 546 g/mol. The molecule has 1 atom stereocenters. The molecule has 3 aromatic heterocycles. The molecule has 43 heavy (non-hydrogen) atoms. The molecule has 0 radical (unpaired) electrons. The molecule has 1 saturated carbocycles. The van der Waals surface area contributed by atoms with E-state index >= 15 is 0 Å². The van der Waals surface area contributed by atoms with Gasteiger partial charge in [-0.2, -0.15) is 5.10 Å². The smallest absolute Gasteiger partial charge is 0.228 e. The Kier molecular flexibility index (Phi) is 9.30. The normalized spacial score (nSPS) is 23.3. The van der Waals surface area contributed by atoms with E-state index in [1.165, 1.54) is 0 Å². The van der Waals surface area contributed by atoms with E-state index in [0.29, 0.717) is 56.1 Å². The highest BCUT2D eigenvalue weighted by Gasteiger charge is 2.42. The van der Waals surface area contributed by atoms with Crippen LogP contribution in [0.4, 0.5) is 5.82 Å². The number of piperazine rings is 1. The summed E-state index contributed by atoms with van der Waals surface area (Å²) < 4.78 is 12.7. The number of nitrogens with one attached hydrogen (secondary N) is 1. The summed E-state index contributed by atoms with van der Waals surface area (Å²) in [6.45, 7) is 9.19. The standard InChI is InChI=1S/C32H43N7O4/c1-3-11-43-21-30-33-18-25(19-34-30)23-5-8-39-28(14-23)17-29(36-39)35-31(40)24-15-27(16-24)38-10-9-37(20-26(38)4-2)32(41)22-6-12-42-13-7-22/h5,8,14,17-19,22,24,26-27H,3-4,6-7,9-13,15-16,20-21H2,1-2H3,(H,35,36,40)/t24-,26-,27+/m0/s1. The predicted molar refractivity (Wildman–Crippen MR) is 162 cm³/mol. The number of nitrogens with zero attached hydrogens (tertiary/aromatic N) is 6. The molecule has 2 amide bonds. The molecule has 2 aliphatic heterocycles. The molecule has 230 valence electrons. The minimum Gasteiger partial charge on any atom is -0.381 e. The van der Waals surface area contributed by atoms with E-state index in [4.69, 9.17) is 9.47 Å². The first kappa shape index (κ1) is 29.7. The van der Waals surface area contributed by atoms with Gasteiger partial charge in [0.2, 0.25) is 11.8 Å². The first-order valence-corrected chi connectivity index (χ1v) is 15.8. The maximum Gasteiger partial charge on any atom is 0.228 e. The van der Waals surface area contributed by atoms with Gasteiger partial charge in [-0.1, -0.05) is 13.8 Å². The fraction of sp³-hybridized carbons (Fsp3) is 0.594. The summed E-state index contributed by atoms with van der Waals surface area (Å²) in [5.74, 6) is 1.62. The van der Waals surface area contributed by atoms with Crippen LogP contribution >= 0.6 is 0 Å². The maximum atomic E-state index is 13.1. The molecule has 11 heteroatoms. The molecule has 3 fully saturated rings. The van der Waals surface area contributed by atoms with E-state index < -0.39 is 0 Å². The number of aromatic nitrogens is 4. The predicted octanol–water partition coefficient (Wildman–Crippen LogP) is 3.78. The third-order valence-corrected chi connectivity index (χ3v) is 9.17. The number of hydrogen-bond donors (Lipinski definition) is 1. The second-order valence-electron chi connectivity index (χ2n) is 12.0. The van der Waals surface area contributed by atoms with Crippen LogP contribution in [0, 0.1) is 11.8 Å². The Morgan fingerprint density at radius 3 is 2.58 bits per heavy atom. The van der Waals surface area contributed by atoms with Crippen molar-refractivity contribution in [1.29, 1.82) is 0 Å². The van der Waals surface area contributed by atoms with Gasteiger partial charge in [-0.25, -0.2) is 14.5 Å². The second kappa shape index (κ2) is 13.5. The van der Waals surface area contributed by atoms with Gasteiger partial charge in [0.25, 0.3) is 0 Å². The topological polar surface area (TPSA) is 114 Å². The van der Waals surface area contributed by atoms with Crippen molar-refractivity contribution in [2.45, 2.75) is 71.1 Å². The number of anilines is 1. The summed E-state index contributed by atoms with van der Waals surface area (Å²) in [6.07, 6.45) is 10.8. The Morgan fingerprint density at radius 1 is 1.05 bits per heavy atom. The number of carbonyl (C=O) groups is 2. The van der Waals surface area contributed by atoms with Gasteiger partial charge >= 0.3 is 0 Å². The molecule has 6 rings (SSSR count). The molecule has 0 bridgehead atoms. The van der Waals surface area contributed by atoms with Crippen molar-refractivity contribution in [2.24, 2.45) is 11.8 Å². The lowest BCUT2D eigenvalue weighted by molar-refractivity contribution is -0.143. The van der Waals surface area contributed by atoms with Crippen molar-refractivity contribution in [3.8, 4) is 11.1 Å². The lowest BCUT2D eigenvalue weighted by atomic mass is 9.77. The Labute approximate surface area is 253 Å². The van der Waals surface area contributed by atoms with Gasteiger partial charge in [0.05, 0.1) is 5.52 Å². The Hall–Kier alpha value is -3.41. The van der Waals surface area contributed by atoms with Crippen molar-refractivity contribution in [1.82, 2.24) is 29.4 Å². The largest absolute Gasteiger partial charge is 0.381 e. The van der Waals surface area contributed by atoms with Crippen LogP contribution in [0.25, 0.3) is 16.6 Å². The summed E-state index contributed by atoms with van der Waals surface area (Å²) in [4.78, 5) is 39.7. The highest BCUT2D eigenvalue weighted by molar-refractivity contribution is 5.93. The van der Waals surface area contributed by atoms with Crippen molar-refractivity contribution >= 4 is 23.1 Å². The number of pyridine rings is 1. The molecule has 3 aromatic rings. The highest BCUT2D eigenvalue weighted by atomic mass is 16.5. The lowest BCUT2D eigenvalue weighted by Gasteiger charge is -2.50. The van der Waals surface area contributed by atoms with E-state index in [9.17, 15) is 9.59 Å². The van der Waals surface area contributed by atoms with E-state index in [1.54, 1.807) is 4.52 Å². The quantitative estimate of drug-likeness (QED) is 0.356. The first-order chi connectivity index (χ1) is 21.0. The lowest BCUT2D eigenvalue weighted by Crippen LogP contribution is -2.61. The van der Waals surface area contributed by atoms with E-state index in [-0.39, 0.29) is 17.7 Å².